The molecule has 3 aromatic carbocycles. The van der Waals surface area contributed by atoms with Gasteiger partial charge in [0.25, 0.3) is 5.91 Å². The summed E-state index contributed by atoms with van der Waals surface area (Å²) >= 11 is 6.25. The van der Waals surface area contributed by atoms with E-state index >= 15 is 0 Å². The van der Waals surface area contributed by atoms with Gasteiger partial charge in [0.1, 0.15) is 11.6 Å². The Bertz CT molecular complexity index is 1240. The number of hydrogen-bond acceptors (Lipinski definition) is 3. The van der Waals surface area contributed by atoms with Crippen LogP contribution in [0.5, 0.6) is 0 Å². The number of halogens is 3. The number of benzene rings is 3. The van der Waals surface area contributed by atoms with Gasteiger partial charge in [0.2, 0.25) is 5.82 Å². The van der Waals surface area contributed by atoms with Crippen LogP contribution in [0.4, 0.5) is 14.5 Å². The predicted molar refractivity (Wildman–Crippen MR) is 111 cm³/mol. The SMILES string of the molecule is Cc1c(Cl)cccc1-n1nc(C(=O)Nc2cccc(F)c2)nc1-c1ccc(F)cc1. The number of amides is 1. The van der Waals surface area contributed by atoms with Crippen molar-refractivity contribution in [2.75, 3.05) is 5.32 Å². The molecule has 8 heteroatoms. The molecule has 4 rings (SSSR count). The molecule has 0 aliphatic rings. The maximum atomic E-state index is 13.4. The van der Waals surface area contributed by atoms with Gasteiger partial charge in [-0.05, 0) is 67.1 Å². The summed E-state index contributed by atoms with van der Waals surface area (Å²) in [5.41, 5.74) is 2.20. The molecule has 0 radical (unpaired) electrons. The van der Waals surface area contributed by atoms with Crippen LogP contribution >= 0.6 is 11.6 Å². The third kappa shape index (κ3) is 3.92. The molecule has 0 atom stereocenters. The Kier molecular flexibility index (Phi) is 5.29. The van der Waals surface area contributed by atoms with Gasteiger partial charge in [0, 0.05) is 16.3 Å². The number of nitrogens with one attached hydrogen (secondary N) is 1. The average molecular weight is 425 g/mol. The van der Waals surface area contributed by atoms with Crippen molar-refractivity contribution < 1.29 is 13.6 Å². The van der Waals surface area contributed by atoms with Crippen molar-refractivity contribution in [3.63, 3.8) is 0 Å². The molecule has 0 saturated carbocycles. The van der Waals surface area contributed by atoms with Gasteiger partial charge in [-0.3, -0.25) is 4.79 Å². The van der Waals surface area contributed by atoms with Crippen LogP contribution in [0.3, 0.4) is 0 Å². The first-order chi connectivity index (χ1) is 14.4. The summed E-state index contributed by atoms with van der Waals surface area (Å²) in [5, 5.41) is 7.45. The Morgan fingerprint density at radius 1 is 1.00 bits per heavy atom. The topological polar surface area (TPSA) is 59.8 Å². The van der Waals surface area contributed by atoms with Gasteiger partial charge in [-0.1, -0.05) is 23.7 Å². The molecule has 0 aliphatic heterocycles. The first-order valence-electron chi connectivity index (χ1n) is 8.98. The van der Waals surface area contributed by atoms with E-state index in [0.29, 0.717) is 22.1 Å². The molecule has 1 aromatic heterocycles. The summed E-state index contributed by atoms with van der Waals surface area (Å²) in [6.07, 6.45) is 0. The van der Waals surface area contributed by atoms with Gasteiger partial charge in [-0.15, -0.1) is 5.10 Å². The van der Waals surface area contributed by atoms with Crippen molar-refractivity contribution in [2.45, 2.75) is 6.92 Å². The van der Waals surface area contributed by atoms with Crippen molar-refractivity contribution in [3.05, 3.63) is 94.8 Å². The van der Waals surface area contributed by atoms with Crippen molar-refractivity contribution in [3.8, 4) is 17.1 Å². The van der Waals surface area contributed by atoms with Crippen LogP contribution in [0.1, 0.15) is 16.2 Å². The molecule has 0 spiro atoms. The Labute approximate surface area is 176 Å². The molecule has 30 heavy (non-hydrogen) atoms. The van der Waals surface area contributed by atoms with Crippen molar-refractivity contribution in [2.24, 2.45) is 0 Å². The highest BCUT2D eigenvalue weighted by atomic mass is 35.5. The van der Waals surface area contributed by atoms with E-state index in [4.69, 9.17) is 11.6 Å². The van der Waals surface area contributed by atoms with Crippen LogP contribution in [0.2, 0.25) is 5.02 Å². The maximum Gasteiger partial charge on any atom is 0.295 e. The molecule has 1 heterocycles. The lowest BCUT2D eigenvalue weighted by Gasteiger charge is -2.10. The maximum absolute atomic E-state index is 13.4. The Morgan fingerprint density at radius 3 is 2.47 bits per heavy atom. The summed E-state index contributed by atoms with van der Waals surface area (Å²) in [4.78, 5) is 17.1. The molecule has 0 bridgehead atoms. The average Bonchev–Trinajstić information content (AvgIpc) is 3.16. The highest BCUT2D eigenvalue weighted by molar-refractivity contribution is 6.31. The zero-order valence-electron chi connectivity index (χ0n) is 15.7. The summed E-state index contributed by atoms with van der Waals surface area (Å²) in [5.74, 6) is -1.27. The number of nitrogens with zero attached hydrogens (tertiary/aromatic N) is 3. The van der Waals surface area contributed by atoms with Gasteiger partial charge >= 0.3 is 0 Å². The Hall–Kier alpha value is -3.58. The second-order valence-corrected chi connectivity index (χ2v) is 6.93. The molecule has 150 valence electrons. The highest BCUT2D eigenvalue weighted by Gasteiger charge is 2.20. The largest absolute Gasteiger partial charge is 0.319 e. The predicted octanol–water partition coefficient (Wildman–Crippen LogP) is 5.43. The van der Waals surface area contributed by atoms with Gasteiger partial charge in [0.15, 0.2) is 5.82 Å². The zero-order chi connectivity index (χ0) is 21.3. The zero-order valence-corrected chi connectivity index (χ0v) is 16.5. The molecule has 0 fully saturated rings. The highest BCUT2D eigenvalue weighted by Crippen LogP contribution is 2.27. The molecule has 0 unspecified atom stereocenters. The van der Waals surface area contributed by atoms with E-state index in [9.17, 15) is 13.6 Å². The normalized spacial score (nSPS) is 10.8. The number of carbonyl (C=O) groups is 1. The van der Waals surface area contributed by atoms with E-state index in [1.165, 1.54) is 35.0 Å². The van der Waals surface area contributed by atoms with Crippen LogP contribution in [0.25, 0.3) is 17.1 Å². The lowest BCUT2D eigenvalue weighted by atomic mass is 10.1. The Morgan fingerprint density at radius 2 is 1.73 bits per heavy atom. The third-order valence-electron chi connectivity index (χ3n) is 4.46. The molecule has 1 amide bonds. The molecule has 1 N–H and O–H groups in total. The lowest BCUT2D eigenvalue weighted by Crippen LogP contribution is -2.14. The summed E-state index contributed by atoms with van der Waals surface area (Å²) in [7, 11) is 0. The quantitative estimate of drug-likeness (QED) is 0.475. The standard InChI is InChI=1S/C22H15ClF2N4O/c1-13-18(23)6-3-7-19(13)29-21(14-8-10-15(24)11-9-14)27-20(28-29)22(30)26-17-5-2-4-16(25)12-17/h2-12H,1H3,(H,26,30). The minimum Gasteiger partial charge on any atom is -0.319 e. The van der Waals surface area contributed by atoms with Crippen LogP contribution < -0.4 is 5.32 Å². The number of aromatic nitrogens is 3. The van der Waals surface area contributed by atoms with E-state index in [1.807, 2.05) is 6.92 Å². The van der Waals surface area contributed by atoms with E-state index in [2.05, 4.69) is 15.4 Å². The van der Waals surface area contributed by atoms with Gasteiger partial charge in [-0.2, -0.15) is 0 Å². The lowest BCUT2D eigenvalue weighted by molar-refractivity contribution is 0.101. The van der Waals surface area contributed by atoms with Crippen molar-refractivity contribution in [1.82, 2.24) is 14.8 Å². The fourth-order valence-electron chi connectivity index (χ4n) is 2.94. The van der Waals surface area contributed by atoms with E-state index in [-0.39, 0.29) is 11.5 Å². The Balaban J connectivity index is 1.80. The second kappa shape index (κ2) is 8.04. The first kappa shape index (κ1) is 19.7. The van der Waals surface area contributed by atoms with Crippen molar-refractivity contribution >= 4 is 23.2 Å². The number of rotatable bonds is 4. The van der Waals surface area contributed by atoms with Gasteiger partial charge < -0.3 is 5.32 Å². The monoisotopic (exact) mass is 424 g/mol. The van der Waals surface area contributed by atoms with Crippen LogP contribution in [-0.4, -0.2) is 20.7 Å². The van der Waals surface area contributed by atoms with Crippen LogP contribution in [0.15, 0.2) is 66.7 Å². The summed E-state index contributed by atoms with van der Waals surface area (Å²) < 4.78 is 28.3. The van der Waals surface area contributed by atoms with Gasteiger partial charge in [-0.25, -0.2) is 18.4 Å². The molecule has 0 saturated heterocycles. The van der Waals surface area contributed by atoms with Gasteiger partial charge in [0.05, 0.1) is 5.69 Å². The molecule has 0 aliphatic carbocycles. The molecule has 4 aromatic rings. The fraction of sp³-hybridized carbons (Fsp3) is 0.0455. The minimum absolute atomic E-state index is 0.127. The molecular weight excluding hydrogens is 410 g/mol. The smallest absolute Gasteiger partial charge is 0.295 e. The number of anilines is 1. The van der Waals surface area contributed by atoms with E-state index < -0.39 is 17.5 Å². The first-order valence-corrected chi connectivity index (χ1v) is 9.35. The minimum atomic E-state index is -0.609. The summed E-state index contributed by atoms with van der Waals surface area (Å²) in [6.45, 7) is 1.82. The number of hydrogen-bond donors (Lipinski definition) is 1. The summed E-state index contributed by atoms with van der Waals surface area (Å²) in [6, 6.07) is 16.5. The molecular formula is C22H15ClF2N4O. The second-order valence-electron chi connectivity index (χ2n) is 6.53. The number of carbonyl (C=O) groups excluding carboxylic acids is 1. The van der Waals surface area contributed by atoms with Crippen LogP contribution in [0, 0.1) is 18.6 Å². The van der Waals surface area contributed by atoms with E-state index in [0.717, 1.165) is 5.56 Å². The van der Waals surface area contributed by atoms with E-state index in [1.54, 1.807) is 36.4 Å². The third-order valence-corrected chi connectivity index (χ3v) is 4.87. The fourth-order valence-corrected chi connectivity index (χ4v) is 3.11. The molecule has 5 nitrogen and oxygen atoms in total. The van der Waals surface area contributed by atoms with Crippen LogP contribution in [-0.2, 0) is 0 Å². The van der Waals surface area contributed by atoms with Crippen molar-refractivity contribution in [1.29, 1.82) is 0 Å².